The van der Waals surface area contributed by atoms with E-state index in [-0.39, 0.29) is 23.7 Å². The molecule has 3 fully saturated rings. The Kier molecular flexibility index (Phi) is 3.11. The van der Waals surface area contributed by atoms with E-state index < -0.39 is 0 Å². The minimum Gasteiger partial charge on any atom is -0.392 e. The average molecular weight is 252 g/mol. The van der Waals surface area contributed by atoms with Crippen molar-refractivity contribution in [1.29, 1.82) is 0 Å². The van der Waals surface area contributed by atoms with Crippen molar-refractivity contribution in [3.8, 4) is 0 Å². The number of nitrogens with zero attached hydrogens (tertiary/aromatic N) is 2. The van der Waals surface area contributed by atoms with Gasteiger partial charge in [0.05, 0.1) is 6.10 Å². The maximum atomic E-state index is 12.3. The summed E-state index contributed by atoms with van der Waals surface area (Å²) < 4.78 is 0. The molecule has 5 nitrogen and oxygen atoms in total. The molecule has 2 aliphatic heterocycles. The van der Waals surface area contributed by atoms with Crippen LogP contribution in [0.5, 0.6) is 0 Å². The van der Waals surface area contributed by atoms with Crippen LogP contribution in [0.3, 0.4) is 0 Å². The third kappa shape index (κ3) is 2.17. The maximum absolute atomic E-state index is 12.3. The first-order valence-electron chi connectivity index (χ1n) is 6.86. The number of hydrogen-bond acceptors (Lipinski definition) is 4. The lowest BCUT2D eigenvalue weighted by molar-refractivity contribution is -0.138. The van der Waals surface area contributed by atoms with E-state index in [4.69, 9.17) is 0 Å². The summed E-state index contributed by atoms with van der Waals surface area (Å²) in [7, 11) is 0. The highest BCUT2D eigenvalue weighted by Crippen LogP contribution is 2.27. The number of piperazine rings is 1. The van der Waals surface area contributed by atoms with Gasteiger partial charge in [0.1, 0.15) is 5.78 Å². The van der Waals surface area contributed by atoms with E-state index >= 15 is 0 Å². The second kappa shape index (κ2) is 4.63. The van der Waals surface area contributed by atoms with E-state index in [2.05, 4.69) is 4.90 Å². The van der Waals surface area contributed by atoms with Crippen LogP contribution in [-0.4, -0.2) is 64.9 Å². The molecule has 0 spiro atoms. The van der Waals surface area contributed by atoms with Crippen LogP contribution in [0.1, 0.15) is 25.7 Å². The smallest absolute Gasteiger partial charge is 0.226 e. The molecule has 0 aromatic carbocycles. The van der Waals surface area contributed by atoms with Gasteiger partial charge in [-0.05, 0) is 12.8 Å². The van der Waals surface area contributed by atoms with Gasteiger partial charge < -0.3 is 10.0 Å². The Labute approximate surface area is 107 Å². The molecule has 2 heterocycles. The standard InChI is InChI=1S/C13H20N2O3/c16-11-2-1-9(5-11)13(18)15-4-3-14-8-12(17)6-10(14)7-15/h9-10,12,17H,1-8H2/t9?,10-,12+/m0/s1. The molecule has 1 saturated carbocycles. The van der Waals surface area contributed by atoms with Crippen molar-refractivity contribution >= 4 is 11.7 Å². The number of fused-ring (bicyclic) bond motifs is 1. The van der Waals surface area contributed by atoms with Gasteiger partial charge in [-0.15, -0.1) is 0 Å². The quantitative estimate of drug-likeness (QED) is 0.692. The number of rotatable bonds is 1. The van der Waals surface area contributed by atoms with E-state index in [0.29, 0.717) is 18.9 Å². The van der Waals surface area contributed by atoms with Gasteiger partial charge in [0.25, 0.3) is 0 Å². The summed E-state index contributed by atoms with van der Waals surface area (Å²) in [6.07, 6.45) is 2.27. The fraction of sp³-hybridized carbons (Fsp3) is 0.846. The fourth-order valence-electron chi connectivity index (χ4n) is 3.50. The summed E-state index contributed by atoms with van der Waals surface area (Å²) in [5.74, 6) is 0.306. The van der Waals surface area contributed by atoms with Crippen molar-refractivity contribution in [2.75, 3.05) is 26.2 Å². The minimum absolute atomic E-state index is 0.0737. The van der Waals surface area contributed by atoms with Crippen LogP contribution in [0.15, 0.2) is 0 Å². The molecule has 0 aromatic rings. The molecule has 3 aliphatic rings. The molecule has 1 unspecified atom stereocenters. The van der Waals surface area contributed by atoms with Crippen LogP contribution in [0.25, 0.3) is 0 Å². The summed E-state index contributed by atoms with van der Waals surface area (Å²) in [4.78, 5) is 27.7. The molecule has 100 valence electrons. The third-order valence-corrected chi connectivity index (χ3v) is 4.50. The normalized spacial score (nSPS) is 37.1. The van der Waals surface area contributed by atoms with Gasteiger partial charge in [0, 0.05) is 51.0 Å². The molecule has 0 aromatic heterocycles. The van der Waals surface area contributed by atoms with E-state index in [1.165, 1.54) is 0 Å². The number of carbonyl (C=O) groups is 2. The lowest BCUT2D eigenvalue weighted by Gasteiger charge is -2.38. The molecule has 3 atom stereocenters. The number of aliphatic hydroxyl groups is 1. The predicted octanol–water partition coefficient (Wildman–Crippen LogP) is -0.367. The number of Topliss-reactive ketones (excluding diaryl/α,β-unsaturated/α-hetero) is 1. The van der Waals surface area contributed by atoms with Crippen molar-refractivity contribution in [2.45, 2.75) is 37.8 Å². The summed E-state index contributed by atoms with van der Waals surface area (Å²) in [6.45, 7) is 3.07. The van der Waals surface area contributed by atoms with E-state index in [0.717, 1.165) is 39.0 Å². The Balaban J connectivity index is 1.60. The Morgan fingerprint density at radius 1 is 1.28 bits per heavy atom. The molecular weight excluding hydrogens is 232 g/mol. The largest absolute Gasteiger partial charge is 0.392 e. The van der Waals surface area contributed by atoms with Crippen molar-refractivity contribution in [2.24, 2.45) is 5.92 Å². The van der Waals surface area contributed by atoms with Gasteiger partial charge in [0.2, 0.25) is 5.91 Å². The van der Waals surface area contributed by atoms with E-state index in [1.54, 1.807) is 0 Å². The molecule has 18 heavy (non-hydrogen) atoms. The zero-order chi connectivity index (χ0) is 12.7. The monoisotopic (exact) mass is 252 g/mol. The zero-order valence-corrected chi connectivity index (χ0v) is 10.5. The zero-order valence-electron chi connectivity index (χ0n) is 10.5. The summed E-state index contributed by atoms with van der Waals surface area (Å²) >= 11 is 0. The van der Waals surface area contributed by atoms with E-state index in [9.17, 15) is 14.7 Å². The highest BCUT2D eigenvalue weighted by molar-refractivity contribution is 5.90. The van der Waals surface area contributed by atoms with Crippen LogP contribution in [0, 0.1) is 5.92 Å². The number of aliphatic hydroxyl groups excluding tert-OH is 1. The highest BCUT2D eigenvalue weighted by Gasteiger charge is 2.39. The first-order chi connectivity index (χ1) is 8.63. The molecule has 0 bridgehead atoms. The van der Waals surface area contributed by atoms with Crippen LogP contribution < -0.4 is 0 Å². The maximum Gasteiger partial charge on any atom is 0.226 e. The summed E-state index contributed by atoms with van der Waals surface area (Å²) in [5.41, 5.74) is 0. The Hall–Kier alpha value is -0.940. The van der Waals surface area contributed by atoms with Crippen molar-refractivity contribution in [3.05, 3.63) is 0 Å². The third-order valence-electron chi connectivity index (χ3n) is 4.50. The number of hydrogen-bond donors (Lipinski definition) is 1. The van der Waals surface area contributed by atoms with Crippen LogP contribution >= 0.6 is 0 Å². The predicted molar refractivity (Wildman–Crippen MR) is 64.9 cm³/mol. The number of amides is 1. The van der Waals surface area contributed by atoms with Gasteiger partial charge in [-0.25, -0.2) is 0 Å². The SMILES string of the molecule is O=C1CCC(C(=O)N2CCN3C[C@H](O)C[C@H]3C2)C1. The molecule has 2 saturated heterocycles. The van der Waals surface area contributed by atoms with Crippen LogP contribution in [-0.2, 0) is 9.59 Å². The second-order valence-electron chi connectivity index (χ2n) is 5.80. The first kappa shape index (κ1) is 12.1. The van der Waals surface area contributed by atoms with Gasteiger partial charge in [0.15, 0.2) is 0 Å². The number of carbonyl (C=O) groups excluding carboxylic acids is 2. The van der Waals surface area contributed by atoms with Crippen molar-refractivity contribution < 1.29 is 14.7 Å². The molecule has 1 aliphatic carbocycles. The highest BCUT2D eigenvalue weighted by atomic mass is 16.3. The lowest BCUT2D eigenvalue weighted by atomic mass is 10.0. The second-order valence-corrected chi connectivity index (χ2v) is 5.80. The Morgan fingerprint density at radius 3 is 2.83 bits per heavy atom. The molecular formula is C13H20N2O3. The summed E-state index contributed by atoms with van der Waals surface area (Å²) in [5, 5.41) is 9.64. The number of ketones is 1. The van der Waals surface area contributed by atoms with E-state index in [1.807, 2.05) is 4.90 Å². The topological polar surface area (TPSA) is 60.9 Å². The lowest BCUT2D eigenvalue weighted by Crippen LogP contribution is -2.53. The van der Waals surface area contributed by atoms with Crippen LogP contribution in [0.2, 0.25) is 0 Å². The first-order valence-corrected chi connectivity index (χ1v) is 6.86. The van der Waals surface area contributed by atoms with Crippen LogP contribution in [0.4, 0.5) is 0 Å². The summed E-state index contributed by atoms with van der Waals surface area (Å²) in [6, 6.07) is 0.315. The Morgan fingerprint density at radius 2 is 2.11 bits per heavy atom. The Bertz CT molecular complexity index is 371. The fourth-order valence-corrected chi connectivity index (χ4v) is 3.50. The van der Waals surface area contributed by atoms with Crippen molar-refractivity contribution in [1.82, 2.24) is 9.80 Å². The van der Waals surface area contributed by atoms with Gasteiger partial charge in [-0.2, -0.15) is 0 Å². The van der Waals surface area contributed by atoms with Gasteiger partial charge >= 0.3 is 0 Å². The molecule has 3 rings (SSSR count). The van der Waals surface area contributed by atoms with Crippen molar-refractivity contribution in [3.63, 3.8) is 0 Å². The van der Waals surface area contributed by atoms with Gasteiger partial charge in [-0.3, -0.25) is 14.5 Å². The van der Waals surface area contributed by atoms with Gasteiger partial charge in [-0.1, -0.05) is 0 Å². The average Bonchev–Trinajstić information content (AvgIpc) is 2.92. The molecule has 1 N–H and O–H groups in total. The minimum atomic E-state index is -0.238. The molecule has 0 radical (unpaired) electrons. The molecule has 5 heteroatoms. The molecule has 1 amide bonds.